The Kier molecular flexibility index (Phi) is 4.19. The van der Waals surface area contributed by atoms with Crippen molar-refractivity contribution in [3.05, 3.63) is 23.8 Å². The molecule has 0 atom stereocenters. The van der Waals surface area contributed by atoms with Crippen molar-refractivity contribution in [1.29, 1.82) is 5.26 Å². The van der Waals surface area contributed by atoms with E-state index in [0.717, 1.165) is 36.3 Å². The number of hydrogen-bond donors (Lipinski definition) is 1. The highest BCUT2D eigenvalue weighted by Gasteiger charge is 2.13. The number of anilines is 1. The molecule has 0 bridgehead atoms. The van der Waals surface area contributed by atoms with Crippen molar-refractivity contribution < 1.29 is 9.53 Å². The lowest BCUT2D eigenvalue weighted by atomic mass is 10.1. The molecule has 0 aromatic heterocycles. The molecule has 0 saturated heterocycles. The van der Waals surface area contributed by atoms with Gasteiger partial charge in [-0.2, -0.15) is 5.26 Å². The molecular formula is C14H16N2O2. The number of hydrogen-bond acceptors (Lipinski definition) is 3. The van der Waals surface area contributed by atoms with Crippen molar-refractivity contribution in [2.45, 2.75) is 32.1 Å². The molecule has 18 heavy (non-hydrogen) atoms. The molecule has 1 aliphatic heterocycles. The van der Waals surface area contributed by atoms with E-state index in [0.29, 0.717) is 19.4 Å². The van der Waals surface area contributed by atoms with Crippen LogP contribution in [0.4, 0.5) is 5.69 Å². The van der Waals surface area contributed by atoms with Crippen LogP contribution in [0.5, 0.6) is 5.75 Å². The number of nitrogens with zero attached hydrogens (tertiary/aromatic N) is 1. The quantitative estimate of drug-likeness (QED) is 0.828. The summed E-state index contributed by atoms with van der Waals surface area (Å²) in [5.74, 6) is 0.733. The minimum Gasteiger partial charge on any atom is -0.491 e. The lowest BCUT2D eigenvalue weighted by molar-refractivity contribution is -0.116. The van der Waals surface area contributed by atoms with Crippen molar-refractivity contribution in [1.82, 2.24) is 0 Å². The standard InChI is InChI=1S/C14H16N2O2/c15-8-3-1-2-4-11-5-6-13-12(10-11)16-14(17)7-9-18-13/h5-6,10H,1-4,7,9H2,(H,16,17). The first-order valence-electron chi connectivity index (χ1n) is 6.22. The predicted molar refractivity (Wildman–Crippen MR) is 68.4 cm³/mol. The smallest absolute Gasteiger partial charge is 0.227 e. The second kappa shape index (κ2) is 6.06. The molecule has 1 aromatic rings. The van der Waals surface area contributed by atoms with E-state index in [2.05, 4.69) is 11.4 Å². The van der Waals surface area contributed by atoms with Crippen LogP contribution in [0.1, 0.15) is 31.2 Å². The Bertz CT molecular complexity index is 477. The van der Waals surface area contributed by atoms with Crippen LogP contribution in [0.3, 0.4) is 0 Å². The molecule has 0 fully saturated rings. The molecular weight excluding hydrogens is 228 g/mol. The molecule has 1 aliphatic rings. The topological polar surface area (TPSA) is 62.1 Å². The maximum atomic E-state index is 11.4. The first-order chi connectivity index (χ1) is 8.79. The molecule has 4 heteroatoms. The van der Waals surface area contributed by atoms with E-state index in [4.69, 9.17) is 10.00 Å². The van der Waals surface area contributed by atoms with Crippen LogP contribution >= 0.6 is 0 Å². The Morgan fingerprint density at radius 1 is 1.39 bits per heavy atom. The molecule has 4 nitrogen and oxygen atoms in total. The summed E-state index contributed by atoms with van der Waals surface area (Å²) in [6, 6.07) is 8.02. The summed E-state index contributed by atoms with van der Waals surface area (Å²) in [5.41, 5.74) is 1.92. The van der Waals surface area contributed by atoms with Crippen LogP contribution in [0.2, 0.25) is 0 Å². The van der Waals surface area contributed by atoms with Crippen LogP contribution in [-0.2, 0) is 11.2 Å². The molecule has 1 N–H and O–H groups in total. The van der Waals surface area contributed by atoms with Crippen molar-refractivity contribution >= 4 is 11.6 Å². The second-order valence-electron chi connectivity index (χ2n) is 4.34. The van der Waals surface area contributed by atoms with Crippen molar-refractivity contribution in [3.8, 4) is 11.8 Å². The van der Waals surface area contributed by atoms with Crippen LogP contribution in [-0.4, -0.2) is 12.5 Å². The maximum Gasteiger partial charge on any atom is 0.227 e. The van der Waals surface area contributed by atoms with E-state index < -0.39 is 0 Å². The van der Waals surface area contributed by atoms with E-state index in [1.807, 2.05) is 18.2 Å². The summed E-state index contributed by atoms with van der Waals surface area (Å²) >= 11 is 0. The van der Waals surface area contributed by atoms with Gasteiger partial charge in [-0.25, -0.2) is 0 Å². The van der Waals surface area contributed by atoms with Crippen molar-refractivity contribution in [3.63, 3.8) is 0 Å². The number of amides is 1. The summed E-state index contributed by atoms with van der Waals surface area (Å²) in [6.07, 6.45) is 3.82. The highest BCUT2D eigenvalue weighted by atomic mass is 16.5. The zero-order valence-electron chi connectivity index (χ0n) is 10.2. The minimum absolute atomic E-state index is 0.00428. The van der Waals surface area contributed by atoms with Gasteiger partial charge in [-0.1, -0.05) is 6.07 Å². The molecule has 1 amide bonds. The largest absolute Gasteiger partial charge is 0.491 e. The van der Waals surface area contributed by atoms with Crippen LogP contribution < -0.4 is 10.1 Å². The SMILES string of the molecule is N#CCCCCc1ccc2c(c1)NC(=O)CCO2. The highest BCUT2D eigenvalue weighted by molar-refractivity contribution is 5.93. The summed E-state index contributed by atoms with van der Waals surface area (Å²) in [4.78, 5) is 11.4. The lowest BCUT2D eigenvalue weighted by Crippen LogP contribution is -2.10. The van der Waals surface area contributed by atoms with Crippen LogP contribution in [0.25, 0.3) is 0 Å². The molecule has 2 rings (SSSR count). The Morgan fingerprint density at radius 3 is 3.11 bits per heavy atom. The number of aryl methyl sites for hydroxylation is 1. The monoisotopic (exact) mass is 244 g/mol. The fourth-order valence-corrected chi connectivity index (χ4v) is 1.96. The summed E-state index contributed by atoms with van der Waals surface area (Å²) in [5, 5.41) is 11.3. The molecule has 0 saturated carbocycles. The fourth-order valence-electron chi connectivity index (χ4n) is 1.96. The summed E-state index contributed by atoms with van der Waals surface area (Å²) < 4.78 is 5.49. The number of nitrogens with one attached hydrogen (secondary N) is 1. The third-order valence-electron chi connectivity index (χ3n) is 2.91. The van der Waals surface area contributed by atoms with Gasteiger partial charge in [-0.05, 0) is 37.0 Å². The number of fused-ring (bicyclic) bond motifs is 1. The van der Waals surface area contributed by atoms with Gasteiger partial charge in [-0.15, -0.1) is 0 Å². The molecule has 1 heterocycles. The van der Waals surface area contributed by atoms with Crippen LogP contribution in [0.15, 0.2) is 18.2 Å². The van der Waals surface area contributed by atoms with Gasteiger partial charge in [0.2, 0.25) is 5.91 Å². The van der Waals surface area contributed by atoms with Crippen molar-refractivity contribution in [2.75, 3.05) is 11.9 Å². The van der Waals surface area contributed by atoms with Crippen LogP contribution in [0, 0.1) is 11.3 Å². The first kappa shape index (κ1) is 12.4. The van der Waals surface area contributed by atoms with E-state index in [1.54, 1.807) is 0 Å². The second-order valence-corrected chi connectivity index (χ2v) is 4.34. The fraction of sp³-hybridized carbons (Fsp3) is 0.429. The van der Waals surface area contributed by atoms with Gasteiger partial charge in [0.05, 0.1) is 24.8 Å². The predicted octanol–water partition coefficient (Wildman–Crippen LogP) is 2.64. The maximum absolute atomic E-state index is 11.4. The molecule has 0 aliphatic carbocycles. The summed E-state index contributed by atoms with van der Waals surface area (Å²) in [7, 11) is 0. The first-order valence-corrected chi connectivity index (χ1v) is 6.22. The Balaban J connectivity index is 2.02. The number of benzene rings is 1. The normalized spacial score (nSPS) is 13.8. The highest BCUT2D eigenvalue weighted by Crippen LogP contribution is 2.28. The average molecular weight is 244 g/mol. The van der Waals surface area contributed by atoms with Gasteiger partial charge < -0.3 is 10.1 Å². The summed E-state index contributed by atoms with van der Waals surface area (Å²) in [6.45, 7) is 0.431. The Labute approximate surface area is 107 Å². The van der Waals surface area contributed by atoms with Gasteiger partial charge >= 0.3 is 0 Å². The van der Waals surface area contributed by atoms with Gasteiger partial charge in [0.25, 0.3) is 0 Å². The molecule has 0 radical (unpaired) electrons. The molecule has 0 unspecified atom stereocenters. The van der Waals surface area contributed by atoms with E-state index >= 15 is 0 Å². The molecule has 0 spiro atoms. The van der Waals surface area contributed by atoms with Gasteiger partial charge in [0.15, 0.2) is 0 Å². The number of nitriles is 1. The molecule has 94 valence electrons. The van der Waals surface area contributed by atoms with E-state index in [9.17, 15) is 4.79 Å². The number of rotatable bonds is 4. The van der Waals surface area contributed by atoms with Gasteiger partial charge in [-0.3, -0.25) is 4.79 Å². The van der Waals surface area contributed by atoms with Gasteiger partial charge in [0, 0.05) is 6.42 Å². The van der Waals surface area contributed by atoms with Crippen molar-refractivity contribution in [2.24, 2.45) is 0 Å². The zero-order valence-corrected chi connectivity index (χ0v) is 10.2. The number of carbonyl (C=O) groups excluding carboxylic acids is 1. The average Bonchev–Trinajstić information content (AvgIpc) is 2.55. The van der Waals surface area contributed by atoms with Gasteiger partial charge in [0.1, 0.15) is 5.75 Å². The third kappa shape index (κ3) is 3.24. The number of ether oxygens (including phenoxy) is 1. The van der Waals surface area contributed by atoms with E-state index in [-0.39, 0.29) is 5.91 Å². The Morgan fingerprint density at radius 2 is 2.28 bits per heavy atom. The Hall–Kier alpha value is -2.02. The number of unbranched alkanes of at least 4 members (excludes halogenated alkanes) is 2. The lowest BCUT2D eigenvalue weighted by Gasteiger charge is -2.09. The number of carbonyl (C=O) groups is 1. The third-order valence-corrected chi connectivity index (χ3v) is 2.91. The molecule has 1 aromatic carbocycles. The zero-order chi connectivity index (χ0) is 12.8. The minimum atomic E-state index is -0.00428. The van der Waals surface area contributed by atoms with E-state index in [1.165, 1.54) is 0 Å².